The molecule has 4 amide bonds. The summed E-state index contributed by atoms with van der Waals surface area (Å²) in [5.41, 5.74) is -0.225. The van der Waals surface area contributed by atoms with Gasteiger partial charge >= 0.3 is 6.03 Å². The Morgan fingerprint density at radius 2 is 2.00 bits per heavy atom. The van der Waals surface area contributed by atoms with E-state index in [1.165, 1.54) is 4.90 Å². The molecular weight excluding hydrogens is 396 g/mol. The number of carbonyl (C=O) groups is 3. The third-order valence-electron chi connectivity index (χ3n) is 6.81. The summed E-state index contributed by atoms with van der Waals surface area (Å²) in [6.07, 6.45) is 3.85. The van der Waals surface area contributed by atoms with Crippen molar-refractivity contribution in [3.63, 3.8) is 0 Å². The molecule has 8 nitrogen and oxygen atoms in total. The molecule has 0 aromatic heterocycles. The largest absolute Gasteiger partial charge is 0.497 e. The van der Waals surface area contributed by atoms with E-state index < -0.39 is 5.54 Å². The molecule has 4 rings (SSSR count). The van der Waals surface area contributed by atoms with Crippen LogP contribution in [0.15, 0.2) is 24.3 Å². The van der Waals surface area contributed by atoms with E-state index in [1.807, 2.05) is 0 Å². The van der Waals surface area contributed by atoms with Gasteiger partial charge in [-0.05, 0) is 56.8 Å². The molecule has 0 saturated carbocycles. The molecule has 1 atom stereocenters. The zero-order valence-corrected chi connectivity index (χ0v) is 18.4. The molecular formula is C23H32N4O4. The number of likely N-dealkylation sites (tertiary alicyclic amines) is 2. The molecule has 1 unspecified atom stereocenters. The van der Waals surface area contributed by atoms with Crippen LogP contribution in [0.2, 0.25) is 0 Å². The lowest BCUT2D eigenvalue weighted by atomic mass is 9.87. The Morgan fingerprint density at radius 3 is 2.71 bits per heavy atom. The number of amides is 4. The molecule has 1 aromatic carbocycles. The van der Waals surface area contributed by atoms with E-state index >= 15 is 0 Å². The summed E-state index contributed by atoms with van der Waals surface area (Å²) in [5, 5.41) is 3.01. The first-order valence-corrected chi connectivity index (χ1v) is 11.3. The van der Waals surface area contributed by atoms with Gasteiger partial charge in [-0.25, -0.2) is 4.79 Å². The Balaban J connectivity index is 1.45. The first-order valence-electron chi connectivity index (χ1n) is 11.3. The predicted octanol–water partition coefficient (Wildman–Crippen LogP) is 2.10. The van der Waals surface area contributed by atoms with Crippen LogP contribution in [0.1, 0.15) is 49.4 Å². The van der Waals surface area contributed by atoms with E-state index in [0.29, 0.717) is 37.2 Å². The average Bonchev–Trinajstić information content (AvgIpc) is 3.04. The van der Waals surface area contributed by atoms with Crippen LogP contribution >= 0.6 is 0 Å². The first-order chi connectivity index (χ1) is 15.0. The lowest BCUT2D eigenvalue weighted by Crippen LogP contribution is -2.56. The van der Waals surface area contributed by atoms with Crippen molar-refractivity contribution in [2.24, 2.45) is 0 Å². The van der Waals surface area contributed by atoms with Crippen molar-refractivity contribution in [2.75, 3.05) is 39.8 Å². The smallest absolute Gasteiger partial charge is 0.325 e. The van der Waals surface area contributed by atoms with E-state index in [9.17, 15) is 14.4 Å². The van der Waals surface area contributed by atoms with E-state index in [1.54, 1.807) is 36.3 Å². The lowest BCUT2D eigenvalue weighted by Gasteiger charge is -2.39. The molecule has 3 saturated heterocycles. The molecule has 3 heterocycles. The van der Waals surface area contributed by atoms with E-state index in [4.69, 9.17) is 4.74 Å². The maximum atomic E-state index is 13.4. The number of rotatable bonds is 5. The SMILES string of the molecule is CCCN1CCC2(CC1)NC(=O)N(C1CCCN(C(=O)c3cccc(OC)c3)C1)C2=O. The Labute approximate surface area is 183 Å². The summed E-state index contributed by atoms with van der Waals surface area (Å²) in [5.74, 6) is 0.414. The van der Waals surface area contributed by atoms with E-state index in [0.717, 1.165) is 38.9 Å². The van der Waals surface area contributed by atoms with Gasteiger partial charge in [0.15, 0.2) is 0 Å². The second kappa shape index (κ2) is 8.86. The van der Waals surface area contributed by atoms with Gasteiger partial charge in [0, 0.05) is 31.7 Å². The second-order valence-electron chi connectivity index (χ2n) is 8.81. The maximum absolute atomic E-state index is 13.4. The number of hydrogen-bond acceptors (Lipinski definition) is 5. The molecule has 3 aliphatic rings. The zero-order valence-electron chi connectivity index (χ0n) is 18.4. The number of methoxy groups -OCH3 is 1. The number of nitrogens with one attached hydrogen (secondary N) is 1. The molecule has 1 N–H and O–H groups in total. The molecule has 0 aliphatic carbocycles. The minimum atomic E-state index is -0.777. The van der Waals surface area contributed by atoms with Crippen LogP contribution in [-0.4, -0.2) is 84.0 Å². The fraction of sp³-hybridized carbons (Fsp3) is 0.609. The Bertz CT molecular complexity index is 850. The number of ether oxygens (including phenoxy) is 1. The molecule has 1 aromatic rings. The highest BCUT2D eigenvalue weighted by molar-refractivity contribution is 6.07. The summed E-state index contributed by atoms with van der Waals surface area (Å²) in [6.45, 7) is 5.79. The van der Waals surface area contributed by atoms with Crippen LogP contribution in [0.5, 0.6) is 5.75 Å². The van der Waals surface area contributed by atoms with Gasteiger partial charge in [-0.15, -0.1) is 0 Å². The number of benzene rings is 1. The van der Waals surface area contributed by atoms with Gasteiger partial charge in [0.05, 0.1) is 13.2 Å². The highest BCUT2D eigenvalue weighted by Crippen LogP contribution is 2.32. The highest BCUT2D eigenvalue weighted by Gasteiger charge is 2.54. The monoisotopic (exact) mass is 428 g/mol. The van der Waals surface area contributed by atoms with Crippen molar-refractivity contribution in [1.29, 1.82) is 0 Å². The second-order valence-corrected chi connectivity index (χ2v) is 8.81. The molecule has 0 bridgehead atoms. The Kier molecular flexibility index (Phi) is 6.18. The Morgan fingerprint density at radius 1 is 1.23 bits per heavy atom. The number of nitrogens with zero attached hydrogens (tertiary/aromatic N) is 3. The third kappa shape index (κ3) is 4.13. The van der Waals surface area contributed by atoms with Gasteiger partial charge in [0.25, 0.3) is 11.8 Å². The maximum Gasteiger partial charge on any atom is 0.325 e. The van der Waals surface area contributed by atoms with Crippen molar-refractivity contribution in [1.82, 2.24) is 20.0 Å². The van der Waals surface area contributed by atoms with E-state index in [2.05, 4.69) is 17.1 Å². The zero-order chi connectivity index (χ0) is 22.0. The fourth-order valence-electron chi connectivity index (χ4n) is 5.07. The predicted molar refractivity (Wildman–Crippen MR) is 116 cm³/mol. The molecule has 8 heteroatoms. The average molecular weight is 429 g/mol. The number of imide groups is 1. The molecule has 3 aliphatic heterocycles. The molecule has 1 spiro atoms. The van der Waals surface area contributed by atoms with Crippen molar-refractivity contribution in [2.45, 2.75) is 50.6 Å². The molecule has 0 radical (unpaired) electrons. The van der Waals surface area contributed by atoms with Gasteiger partial charge in [0.1, 0.15) is 11.3 Å². The summed E-state index contributed by atoms with van der Waals surface area (Å²) in [6, 6.07) is 6.48. The summed E-state index contributed by atoms with van der Waals surface area (Å²) < 4.78 is 5.23. The van der Waals surface area contributed by atoms with Gasteiger partial charge in [-0.2, -0.15) is 0 Å². The number of piperidine rings is 2. The molecule has 3 fully saturated rings. The fourth-order valence-corrected chi connectivity index (χ4v) is 5.07. The van der Waals surface area contributed by atoms with Gasteiger partial charge in [-0.1, -0.05) is 13.0 Å². The highest BCUT2D eigenvalue weighted by atomic mass is 16.5. The van der Waals surface area contributed by atoms with Crippen molar-refractivity contribution >= 4 is 17.8 Å². The van der Waals surface area contributed by atoms with E-state index in [-0.39, 0.29) is 23.9 Å². The normalized spacial score (nSPS) is 23.9. The molecule has 168 valence electrons. The number of carbonyl (C=O) groups excluding carboxylic acids is 3. The minimum absolute atomic E-state index is 0.0989. The first kappa shape index (κ1) is 21.6. The standard InChI is InChI=1S/C23H32N4O4/c1-3-11-25-13-9-23(10-14-25)21(29)27(22(30)24-23)18-7-5-12-26(16-18)20(28)17-6-4-8-19(15-17)31-2/h4,6,8,15,18H,3,5,7,9-14,16H2,1-2H3,(H,24,30). The third-order valence-corrected chi connectivity index (χ3v) is 6.81. The van der Waals surface area contributed by atoms with Crippen molar-refractivity contribution in [3.8, 4) is 5.75 Å². The number of urea groups is 1. The lowest BCUT2D eigenvalue weighted by molar-refractivity contribution is -0.135. The molecule has 31 heavy (non-hydrogen) atoms. The topological polar surface area (TPSA) is 82.2 Å². The summed E-state index contributed by atoms with van der Waals surface area (Å²) in [4.78, 5) is 44.8. The van der Waals surface area contributed by atoms with Gasteiger partial charge in [0.2, 0.25) is 0 Å². The summed E-state index contributed by atoms with van der Waals surface area (Å²) in [7, 11) is 1.57. The quantitative estimate of drug-likeness (QED) is 0.727. The Hall–Kier alpha value is -2.61. The van der Waals surface area contributed by atoms with Crippen molar-refractivity contribution < 1.29 is 19.1 Å². The van der Waals surface area contributed by atoms with Crippen LogP contribution in [0.25, 0.3) is 0 Å². The van der Waals surface area contributed by atoms with Gasteiger partial charge in [-0.3, -0.25) is 14.5 Å². The van der Waals surface area contributed by atoms with Crippen LogP contribution in [0.4, 0.5) is 4.79 Å². The number of hydrogen-bond donors (Lipinski definition) is 1. The van der Waals surface area contributed by atoms with Crippen LogP contribution < -0.4 is 10.1 Å². The van der Waals surface area contributed by atoms with Crippen LogP contribution in [-0.2, 0) is 4.79 Å². The van der Waals surface area contributed by atoms with Crippen LogP contribution in [0, 0.1) is 0 Å². The minimum Gasteiger partial charge on any atom is -0.497 e. The summed E-state index contributed by atoms with van der Waals surface area (Å²) >= 11 is 0. The van der Waals surface area contributed by atoms with Crippen LogP contribution in [0.3, 0.4) is 0 Å². The van der Waals surface area contributed by atoms with Gasteiger partial charge < -0.3 is 19.9 Å². The van der Waals surface area contributed by atoms with Crippen molar-refractivity contribution in [3.05, 3.63) is 29.8 Å².